The zero-order valence-electron chi connectivity index (χ0n) is 12.4. The summed E-state index contributed by atoms with van der Waals surface area (Å²) >= 11 is 0. The largest absolute Gasteiger partial charge is 0.350 e. The summed E-state index contributed by atoms with van der Waals surface area (Å²) in [5.41, 5.74) is -0.629. The maximum atomic E-state index is 12.0. The third-order valence-corrected chi connectivity index (χ3v) is 3.59. The van der Waals surface area contributed by atoms with E-state index in [0.717, 1.165) is 6.26 Å². The Morgan fingerprint density at radius 1 is 1.39 bits per heavy atom. The molecule has 10 nitrogen and oxygen atoms in total. The zero-order chi connectivity index (χ0) is 16.9. The van der Waals surface area contributed by atoms with Crippen LogP contribution in [0.4, 0.5) is 0 Å². The van der Waals surface area contributed by atoms with Gasteiger partial charge in [-0.15, -0.1) is 12.3 Å². The van der Waals surface area contributed by atoms with Crippen molar-refractivity contribution in [2.24, 2.45) is 10.2 Å². The van der Waals surface area contributed by atoms with E-state index >= 15 is 0 Å². The Morgan fingerprint density at radius 3 is 2.74 bits per heavy atom. The predicted octanol–water partition coefficient (Wildman–Crippen LogP) is 0.241. The molecule has 0 saturated carbocycles. The maximum Gasteiger partial charge on any atom is 0.275 e. The lowest BCUT2D eigenvalue weighted by atomic mass is 10.0. The van der Waals surface area contributed by atoms with Gasteiger partial charge >= 0.3 is 0 Å². The van der Waals surface area contributed by atoms with Crippen LogP contribution in [0.1, 0.15) is 35.4 Å². The average Bonchev–Trinajstić information content (AvgIpc) is 3.08. The number of carbonyl (C=O) groups excluding carboxylic acids is 1. The van der Waals surface area contributed by atoms with Crippen LogP contribution < -0.4 is 5.32 Å². The van der Waals surface area contributed by atoms with Crippen molar-refractivity contribution in [2.75, 3.05) is 12.8 Å². The Bertz CT molecular complexity index is 742. The van der Waals surface area contributed by atoms with E-state index in [0.29, 0.717) is 25.8 Å². The fraction of sp³-hybridized carbons (Fsp3) is 0.583. The van der Waals surface area contributed by atoms with Crippen LogP contribution in [0.3, 0.4) is 0 Å². The number of amides is 1. The van der Waals surface area contributed by atoms with Crippen molar-refractivity contribution in [3.63, 3.8) is 0 Å². The number of nitrogens with zero attached hydrogens (tertiary/aromatic N) is 4. The van der Waals surface area contributed by atoms with E-state index in [1.807, 2.05) is 0 Å². The summed E-state index contributed by atoms with van der Waals surface area (Å²) in [6.45, 7) is -0.127. The van der Waals surface area contributed by atoms with Crippen LogP contribution in [0.25, 0.3) is 0 Å². The highest BCUT2D eigenvalue weighted by atomic mass is 32.2. The molecule has 2 heterocycles. The quantitative estimate of drug-likeness (QED) is 0.502. The summed E-state index contributed by atoms with van der Waals surface area (Å²) < 4.78 is 30.9. The number of hydrogen-bond acceptors (Lipinski definition) is 9. The number of nitrogens with one attached hydrogen (secondary N) is 1. The third-order valence-electron chi connectivity index (χ3n) is 3.04. The smallest absolute Gasteiger partial charge is 0.275 e. The van der Waals surface area contributed by atoms with Crippen LogP contribution in [0.5, 0.6) is 0 Å². The molecule has 0 radical (unpaired) electrons. The molecule has 0 spiro atoms. The van der Waals surface area contributed by atoms with Gasteiger partial charge in [0.2, 0.25) is 0 Å². The lowest BCUT2D eigenvalue weighted by Crippen LogP contribution is -2.29. The number of hydrogen-bond donors (Lipinski definition) is 1. The molecule has 0 bridgehead atoms. The standard InChI is InChI=1S/C12H15N5O5S/c1-3-4-5-12(16-17-12)6-7-13-11(18)10-9(14-22-15-10)8-21-23(2,19)20/h1H,4-8H2,2H3,(H,13,18). The van der Waals surface area contributed by atoms with Crippen molar-refractivity contribution >= 4 is 16.0 Å². The minimum atomic E-state index is -3.66. The second-order valence-electron chi connectivity index (χ2n) is 4.92. The molecule has 23 heavy (non-hydrogen) atoms. The molecule has 0 unspecified atom stereocenters. The van der Waals surface area contributed by atoms with Crippen molar-refractivity contribution in [1.29, 1.82) is 0 Å². The van der Waals surface area contributed by atoms with Gasteiger partial charge in [-0.05, 0) is 5.16 Å². The number of aromatic nitrogens is 2. The van der Waals surface area contributed by atoms with E-state index in [1.54, 1.807) is 0 Å². The van der Waals surface area contributed by atoms with Gasteiger partial charge in [-0.3, -0.25) is 8.98 Å². The van der Waals surface area contributed by atoms with E-state index in [1.165, 1.54) is 0 Å². The van der Waals surface area contributed by atoms with Gasteiger partial charge < -0.3 is 5.32 Å². The van der Waals surface area contributed by atoms with E-state index < -0.39 is 28.3 Å². The summed E-state index contributed by atoms with van der Waals surface area (Å²) in [6.07, 6.45) is 7.79. The molecule has 11 heteroatoms. The molecule has 1 aromatic heterocycles. The first-order chi connectivity index (χ1) is 10.9. The van der Waals surface area contributed by atoms with Gasteiger partial charge in [0.05, 0.1) is 6.26 Å². The molecule has 0 aromatic carbocycles. The van der Waals surface area contributed by atoms with Gasteiger partial charge in [-0.1, -0.05) is 5.16 Å². The second-order valence-corrected chi connectivity index (χ2v) is 6.56. The summed E-state index contributed by atoms with van der Waals surface area (Å²) in [7, 11) is -3.66. The first kappa shape index (κ1) is 17.0. The molecule has 1 aromatic rings. The predicted molar refractivity (Wildman–Crippen MR) is 76.5 cm³/mol. The molecule has 0 aliphatic carbocycles. The van der Waals surface area contributed by atoms with Gasteiger partial charge in [-0.25, -0.2) is 4.63 Å². The molecule has 1 aliphatic rings. The Balaban J connectivity index is 1.83. The molecule has 1 amide bonds. The molecule has 1 N–H and O–H groups in total. The van der Waals surface area contributed by atoms with Crippen molar-refractivity contribution in [1.82, 2.24) is 15.6 Å². The third kappa shape index (κ3) is 5.11. The van der Waals surface area contributed by atoms with E-state index in [2.05, 4.69) is 40.6 Å². The minimum Gasteiger partial charge on any atom is -0.350 e. The highest BCUT2D eigenvalue weighted by Gasteiger charge is 2.38. The molecular formula is C12H15N5O5S. The first-order valence-corrected chi connectivity index (χ1v) is 8.48. The first-order valence-electron chi connectivity index (χ1n) is 6.67. The van der Waals surface area contributed by atoms with Crippen LogP contribution in [0.15, 0.2) is 14.9 Å². The lowest BCUT2D eigenvalue weighted by Gasteiger charge is -2.09. The summed E-state index contributed by atoms with van der Waals surface area (Å²) in [5.74, 6) is 1.97. The lowest BCUT2D eigenvalue weighted by molar-refractivity contribution is 0.0940. The average molecular weight is 341 g/mol. The molecule has 0 saturated heterocycles. The molecule has 1 aliphatic heterocycles. The second kappa shape index (κ2) is 6.84. The summed E-state index contributed by atoms with van der Waals surface area (Å²) in [5, 5.41) is 17.4. The molecule has 124 valence electrons. The van der Waals surface area contributed by atoms with Crippen LogP contribution in [0.2, 0.25) is 0 Å². The van der Waals surface area contributed by atoms with Gasteiger partial charge in [0.25, 0.3) is 16.0 Å². The minimum absolute atomic E-state index is 0.00392. The molecule has 0 atom stereocenters. The van der Waals surface area contributed by atoms with Crippen molar-refractivity contribution in [3.8, 4) is 12.3 Å². The van der Waals surface area contributed by atoms with Crippen LogP contribution in [-0.2, 0) is 20.9 Å². The van der Waals surface area contributed by atoms with Crippen LogP contribution >= 0.6 is 0 Å². The van der Waals surface area contributed by atoms with Crippen molar-refractivity contribution < 1.29 is 22.0 Å². The fourth-order valence-electron chi connectivity index (χ4n) is 1.76. The van der Waals surface area contributed by atoms with E-state index in [-0.39, 0.29) is 11.4 Å². The molecular weight excluding hydrogens is 326 g/mol. The molecule has 2 rings (SSSR count). The van der Waals surface area contributed by atoms with Crippen molar-refractivity contribution in [3.05, 3.63) is 11.4 Å². The highest BCUT2D eigenvalue weighted by molar-refractivity contribution is 7.85. The normalized spacial score (nSPS) is 15.1. The van der Waals surface area contributed by atoms with Gasteiger partial charge in [0.15, 0.2) is 11.4 Å². The molecule has 0 fully saturated rings. The Labute approximate surface area is 132 Å². The Morgan fingerprint density at radius 2 is 2.13 bits per heavy atom. The Hall–Kier alpha value is -2.32. The monoisotopic (exact) mass is 341 g/mol. The maximum absolute atomic E-state index is 12.0. The number of rotatable bonds is 9. The van der Waals surface area contributed by atoms with Gasteiger partial charge in [0.1, 0.15) is 12.3 Å². The zero-order valence-corrected chi connectivity index (χ0v) is 13.2. The summed E-state index contributed by atoms with van der Waals surface area (Å²) in [4.78, 5) is 12.0. The topological polar surface area (TPSA) is 136 Å². The fourth-order valence-corrected chi connectivity index (χ4v) is 2.09. The van der Waals surface area contributed by atoms with Gasteiger partial charge in [0, 0.05) is 25.8 Å². The summed E-state index contributed by atoms with van der Waals surface area (Å²) in [6, 6.07) is 0. The highest BCUT2D eigenvalue weighted by Crippen LogP contribution is 2.36. The van der Waals surface area contributed by atoms with Gasteiger partial charge in [-0.2, -0.15) is 18.6 Å². The van der Waals surface area contributed by atoms with Crippen LogP contribution in [-0.4, -0.2) is 43.1 Å². The van der Waals surface area contributed by atoms with E-state index in [4.69, 9.17) is 6.42 Å². The Kier molecular flexibility index (Phi) is 5.07. The number of terminal acetylenes is 1. The SMILES string of the molecule is C#CCCC1(CCNC(=O)c2nonc2COS(C)(=O)=O)N=N1. The van der Waals surface area contributed by atoms with Crippen LogP contribution in [0, 0.1) is 12.3 Å². The van der Waals surface area contributed by atoms with E-state index in [9.17, 15) is 13.2 Å². The van der Waals surface area contributed by atoms with Crippen molar-refractivity contribution in [2.45, 2.75) is 31.5 Å². The number of carbonyl (C=O) groups is 1.